The first-order chi connectivity index (χ1) is 12.1. The molecule has 0 saturated carbocycles. The minimum absolute atomic E-state index is 0.124. The Morgan fingerprint density at radius 3 is 2.96 bits per heavy atom. The lowest BCUT2D eigenvalue weighted by molar-refractivity contribution is 0.356. The van der Waals surface area contributed by atoms with Crippen LogP contribution in [0, 0.1) is 0 Å². The maximum atomic E-state index is 12.6. The van der Waals surface area contributed by atoms with E-state index in [-0.39, 0.29) is 11.4 Å². The van der Waals surface area contributed by atoms with Crippen LogP contribution in [-0.4, -0.2) is 29.8 Å². The number of hydrogen-bond donors (Lipinski definition) is 1. The van der Waals surface area contributed by atoms with E-state index in [2.05, 4.69) is 14.8 Å². The van der Waals surface area contributed by atoms with Crippen LogP contribution in [0.4, 0.5) is 0 Å². The molecule has 1 N–H and O–H groups in total. The smallest absolute Gasteiger partial charge is 0.240 e. The van der Waals surface area contributed by atoms with E-state index in [1.54, 1.807) is 53.6 Å². The molecule has 0 atom stereocenters. The maximum Gasteiger partial charge on any atom is 0.240 e. The molecule has 0 bridgehead atoms. The Morgan fingerprint density at radius 1 is 1.20 bits per heavy atom. The molecule has 0 radical (unpaired) electrons. The Labute approximate surface area is 145 Å². The summed E-state index contributed by atoms with van der Waals surface area (Å²) in [5.41, 5.74) is 1.65. The molecule has 1 aliphatic rings. The standard InChI is InChI=1S/C17H16N4O3S/c22-25(23,15-4-5-16-13(11-15)6-10-24-16)20-12-14-3-1-7-18-17(14)21-9-2-8-19-21/h1-5,7-9,11,20H,6,10,12H2. The third-order valence-electron chi connectivity index (χ3n) is 4.01. The number of nitrogens with zero attached hydrogens (tertiary/aromatic N) is 3. The second kappa shape index (κ2) is 6.30. The zero-order chi connectivity index (χ0) is 17.3. The van der Waals surface area contributed by atoms with Gasteiger partial charge in [-0.1, -0.05) is 6.07 Å². The van der Waals surface area contributed by atoms with Gasteiger partial charge < -0.3 is 4.74 Å². The van der Waals surface area contributed by atoms with Crippen LogP contribution in [0.1, 0.15) is 11.1 Å². The van der Waals surface area contributed by atoms with Gasteiger partial charge in [-0.3, -0.25) is 0 Å². The first-order valence-corrected chi connectivity index (χ1v) is 9.31. The minimum Gasteiger partial charge on any atom is -0.493 e. The van der Waals surface area contributed by atoms with Gasteiger partial charge in [0.25, 0.3) is 0 Å². The summed E-state index contributed by atoms with van der Waals surface area (Å²) in [4.78, 5) is 4.53. The number of rotatable bonds is 5. The Balaban J connectivity index is 1.57. The predicted octanol–water partition coefficient (Wildman–Crippen LogP) is 1.68. The number of ether oxygens (including phenoxy) is 1. The molecule has 3 aromatic rings. The monoisotopic (exact) mass is 356 g/mol. The van der Waals surface area contributed by atoms with Gasteiger partial charge in [0.2, 0.25) is 10.0 Å². The highest BCUT2D eigenvalue weighted by Crippen LogP contribution is 2.27. The zero-order valence-electron chi connectivity index (χ0n) is 13.3. The summed E-state index contributed by atoms with van der Waals surface area (Å²) in [6.07, 6.45) is 5.79. The van der Waals surface area contributed by atoms with Crippen LogP contribution in [-0.2, 0) is 23.0 Å². The van der Waals surface area contributed by atoms with Crippen LogP contribution >= 0.6 is 0 Å². The van der Waals surface area contributed by atoms with E-state index in [0.29, 0.717) is 12.4 Å². The molecule has 0 aliphatic carbocycles. The summed E-state index contributed by atoms with van der Waals surface area (Å²) < 4.78 is 34.9. The molecule has 1 aliphatic heterocycles. The second-order valence-electron chi connectivity index (χ2n) is 5.63. The molecular weight excluding hydrogens is 340 g/mol. The molecule has 0 amide bonds. The summed E-state index contributed by atoms with van der Waals surface area (Å²) in [5, 5.41) is 4.15. The Kier molecular flexibility index (Phi) is 3.98. The van der Waals surface area contributed by atoms with Gasteiger partial charge >= 0.3 is 0 Å². The molecule has 0 saturated heterocycles. The molecule has 2 aromatic heterocycles. The van der Waals surface area contributed by atoms with Crippen molar-refractivity contribution in [3.63, 3.8) is 0 Å². The van der Waals surface area contributed by atoms with Crippen LogP contribution in [0.5, 0.6) is 5.75 Å². The average molecular weight is 356 g/mol. The third kappa shape index (κ3) is 3.13. The van der Waals surface area contributed by atoms with Gasteiger partial charge in [-0.25, -0.2) is 22.8 Å². The molecule has 128 valence electrons. The number of fused-ring (bicyclic) bond motifs is 1. The SMILES string of the molecule is O=S(=O)(NCc1cccnc1-n1cccn1)c1ccc2c(c1)CCO2. The zero-order valence-corrected chi connectivity index (χ0v) is 14.1. The van der Waals surface area contributed by atoms with Gasteiger partial charge in [0, 0.05) is 37.1 Å². The Bertz CT molecular complexity index is 1000. The summed E-state index contributed by atoms with van der Waals surface area (Å²) >= 11 is 0. The molecule has 25 heavy (non-hydrogen) atoms. The van der Waals surface area contributed by atoms with Crippen molar-refractivity contribution in [2.45, 2.75) is 17.9 Å². The first kappa shape index (κ1) is 15.8. The maximum absolute atomic E-state index is 12.6. The van der Waals surface area contributed by atoms with E-state index in [4.69, 9.17) is 4.74 Å². The Morgan fingerprint density at radius 2 is 2.12 bits per heavy atom. The van der Waals surface area contributed by atoms with E-state index in [1.165, 1.54) is 0 Å². The van der Waals surface area contributed by atoms with Crippen molar-refractivity contribution in [3.05, 3.63) is 66.1 Å². The van der Waals surface area contributed by atoms with Crippen molar-refractivity contribution < 1.29 is 13.2 Å². The molecule has 4 rings (SSSR count). The molecule has 0 fully saturated rings. The number of nitrogens with one attached hydrogen (secondary N) is 1. The van der Waals surface area contributed by atoms with Crippen molar-refractivity contribution in [2.24, 2.45) is 0 Å². The number of hydrogen-bond acceptors (Lipinski definition) is 5. The highest BCUT2D eigenvalue weighted by molar-refractivity contribution is 7.89. The highest BCUT2D eigenvalue weighted by atomic mass is 32.2. The number of sulfonamides is 1. The van der Waals surface area contributed by atoms with Crippen LogP contribution in [0.2, 0.25) is 0 Å². The van der Waals surface area contributed by atoms with Crippen LogP contribution < -0.4 is 9.46 Å². The topological polar surface area (TPSA) is 86.1 Å². The summed E-state index contributed by atoms with van der Waals surface area (Å²) in [5.74, 6) is 1.35. The lowest BCUT2D eigenvalue weighted by Crippen LogP contribution is -2.24. The van der Waals surface area contributed by atoms with Crippen molar-refractivity contribution in [1.82, 2.24) is 19.5 Å². The molecule has 1 aromatic carbocycles. The van der Waals surface area contributed by atoms with Crippen LogP contribution in [0.15, 0.2) is 59.9 Å². The summed E-state index contributed by atoms with van der Waals surface area (Å²) in [7, 11) is -3.63. The second-order valence-corrected chi connectivity index (χ2v) is 7.40. The molecule has 8 heteroatoms. The van der Waals surface area contributed by atoms with E-state index < -0.39 is 10.0 Å². The van der Waals surface area contributed by atoms with Crippen molar-refractivity contribution >= 4 is 10.0 Å². The van der Waals surface area contributed by atoms with Crippen molar-refractivity contribution in [3.8, 4) is 11.6 Å². The van der Waals surface area contributed by atoms with Crippen molar-refractivity contribution in [1.29, 1.82) is 0 Å². The fourth-order valence-corrected chi connectivity index (χ4v) is 3.81. The quantitative estimate of drug-likeness (QED) is 0.752. The van der Waals surface area contributed by atoms with Crippen LogP contribution in [0.3, 0.4) is 0 Å². The molecule has 7 nitrogen and oxygen atoms in total. The fourth-order valence-electron chi connectivity index (χ4n) is 2.75. The molecule has 3 heterocycles. The summed E-state index contributed by atoms with van der Waals surface area (Å²) in [6.45, 7) is 0.716. The lowest BCUT2D eigenvalue weighted by Gasteiger charge is -2.11. The largest absolute Gasteiger partial charge is 0.493 e. The van der Waals surface area contributed by atoms with Crippen LogP contribution in [0.25, 0.3) is 5.82 Å². The Hall–Kier alpha value is -2.71. The number of pyridine rings is 1. The fraction of sp³-hybridized carbons (Fsp3) is 0.176. The predicted molar refractivity (Wildman–Crippen MR) is 91.0 cm³/mol. The number of benzene rings is 1. The van der Waals surface area contributed by atoms with E-state index in [9.17, 15) is 8.42 Å². The molecule has 0 spiro atoms. The van der Waals surface area contributed by atoms with E-state index in [0.717, 1.165) is 23.3 Å². The average Bonchev–Trinajstić information content (AvgIpc) is 3.31. The molecular formula is C17H16N4O3S. The third-order valence-corrected chi connectivity index (χ3v) is 5.41. The number of aromatic nitrogens is 3. The van der Waals surface area contributed by atoms with E-state index >= 15 is 0 Å². The van der Waals surface area contributed by atoms with Gasteiger partial charge in [-0.15, -0.1) is 0 Å². The normalized spacial score (nSPS) is 13.4. The van der Waals surface area contributed by atoms with Gasteiger partial charge in [-0.05, 0) is 35.9 Å². The first-order valence-electron chi connectivity index (χ1n) is 7.83. The van der Waals surface area contributed by atoms with Gasteiger partial charge in [0.05, 0.1) is 11.5 Å². The van der Waals surface area contributed by atoms with Crippen molar-refractivity contribution in [2.75, 3.05) is 6.61 Å². The highest BCUT2D eigenvalue weighted by Gasteiger charge is 2.19. The molecule has 0 unspecified atom stereocenters. The lowest BCUT2D eigenvalue weighted by atomic mass is 10.2. The summed E-state index contributed by atoms with van der Waals surface area (Å²) in [6, 6.07) is 10.3. The minimum atomic E-state index is -3.63. The van der Waals surface area contributed by atoms with Gasteiger partial charge in [0.15, 0.2) is 5.82 Å². The van der Waals surface area contributed by atoms with Gasteiger partial charge in [0.1, 0.15) is 5.75 Å². The van der Waals surface area contributed by atoms with E-state index in [1.807, 2.05) is 6.07 Å². The van der Waals surface area contributed by atoms with Gasteiger partial charge in [-0.2, -0.15) is 5.10 Å².